The summed E-state index contributed by atoms with van der Waals surface area (Å²) < 4.78 is 0. The number of nitriles is 1. The largest absolute Gasteiger partial charge is 0.367 e. The highest BCUT2D eigenvalue weighted by atomic mass is 16.1. The number of carbonyl (C=O) groups is 1. The first-order valence-corrected chi connectivity index (χ1v) is 3.90. The SMILES string of the molecule is CC(C)(C#N)C1(C(N)=O)C=CC=N1. The van der Waals surface area contributed by atoms with Gasteiger partial charge in [-0.15, -0.1) is 0 Å². The quantitative estimate of drug-likeness (QED) is 0.662. The van der Waals surface area contributed by atoms with Gasteiger partial charge in [0.15, 0.2) is 5.54 Å². The van der Waals surface area contributed by atoms with Gasteiger partial charge < -0.3 is 5.73 Å². The van der Waals surface area contributed by atoms with Gasteiger partial charge >= 0.3 is 0 Å². The van der Waals surface area contributed by atoms with Crippen LogP contribution in [0, 0.1) is 16.7 Å². The summed E-state index contributed by atoms with van der Waals surface area (Å²) in [5, 5.41) is 8.90. The lowest BCUT2D eigenvalue weighted by atomic mass is 9.73. The van der Waals surface area contributed by atoms with E-state index in [0.29, 0.717) is 0 Å². The third kappa shape index (κ3) is 1.13. The van der Waals surface area contributed by atoms with Crippen molar-refractivity contribution in [3.05, 3.63) is 12.2 Å². The third-order valence-electron chi connectivity index (χ3n) is 2.31. The predicted octanol–water partition coefficient (Wildman–Crippen LogP) is 0.401. The van der Waals surface area contributed by atoms with Gasteiger partial charge in [-0.3, -0.25) is 9.79 Å². The van der Waals surface area contributed by atoms with Crippen molar-refractivity contribution in [2.45, 2.75) is 19.4 Å². The zero-order valence-corrected chi connectivity index (χ0v) is 7.61. The fourth-order valence-corrected chi connectivity index (χ4v) is 1.29. The second-order valence-corrected chi connectivity index (χ2v) is 3.50. The van der Waals surface area contributed by atoms with Gasteiger partial charge in [-0.2, -0.15) is 5.26 Å². The Balaban J connectivity index is 3.24. The summed E-state index contributed by atoms with van der Waals surface area (Å²) in [6.45, 7) is 3.29. The van der Waals surface area contributed by atoms with E-state index in [9.17, 15) is 4.79 Å². The molecule has 0 spiro atoms. The molecule has 2 N–H and O–H groups in total. The number of allylic oxidation sites excluding steroid dienone is 1. The molecule has 4 nitrogen and oxygen atoms in total. The Hall–Kier alpha value is -1.63. The maximum Gasteiger partial charge on any atom is 0.250 e. The molecule has 0 bridgehead atoms. The summed E-state index contributed by atoms with van der Waals surface area (Å²) >= 11 is 0. The number of primary amides is 1. The van der Waals surface area contributed by atoms with E-state index in [0.717, 1.165) is 0 Å². The fraction of sp³-hybridized carbons (Fsp3) is 0.444. The summed E-state index contributed by atoms with van der Waals surface area (Å²) in [7, 11) is 0. The summed E-state index contributed by atoms with van der Waals surface area (Å²) in [6.07, 6.45) is 4.69. The molecule has 0 saturated carbocycles. The predicted molar refractivity (Wildman–Crippen MR) is 49.0 cm³/mol. The molecule has 1 aliphatic rings. The normalized spacial score (nSPS) is 25.9. The molecular formula is C9H11N3O. The molecule has 4 heteroatoms. The van der Waals surface area contributed by atoms with Crippen molar-refractivity contribution in [3.63, 3.8) is 0 Å². The van der Waals surface area contributed by atoms with Crippen molar-refractivity contribution in [1.29, 1.82) is 5.26 Å². The topological polar surface area (TPSA) is 79.2 Å². The number of nitrogens with two attached hydrogens (primary N) is 1. The molecule has 0 aromatic rings. The lowest BCUT2D eigenvalue weighted by Gasteiger charge is -2.31. The maximum atomic E-state index is 11.2. The summed E-state index contributed by atoms with van der Waals surface area (Å²) in [4.78, 5) is 15.2. The van der Waals surface area contributed by atoms with Gasteiger partial charge in [0, 0.05) is 6.21 Å². The van der Waals surface area contributed by atoms with Crippen LogP contribution < -0.4 is 5.73 Å². The second-order valence-electron chi connectivity index (χ2n) is 3.50. The van der Waals surface area contributed by atoms with Gasteiger partial charge in [-0.25, -0.2) is 0 Å². The van der Waals surface area contributed by atoms with Gasteiger partial charge in [0.2, 0.25) is 0 Å². The van der Waals surface area contributed by atoms with Crippen LogP contribution in [0.3, 0.4) is 0 Å². The fourth-order valence-electron chi connectivity index (χ4n) is 1.29. The highest BCUT2D eigenvalue weighted by molar-refractivity contribution is 5.94. The van der Waals surface area contributed by atoms with Gasteiger partial charge in [-0.1, -0.05) is 0 Å². The number of aliphatic imine (C=N–C) groups is 1. The Morgan fingerprint density at radius 1 is 1.69 bits per heavy atom. The lowest BCUT2D eigenvalue weighted by Crippen LogP contribution is -2.50. The average Bonchev–Trinajstić information content (AvgIpc) is 2.53. The van der Waals surface area contributed by atoms with Crippen molar-refractivity contribution in [2.75, 3.05) is 0 Å². The van der Waals surface area contributed by atoms with Crippen molar-refractivity contribution >= 4 is 12.1 Å². The first-order chi connectivity index (χ1) is 5.96. The third-order valence-corrected chi connectivity index (χ3v) is 2.31. The molecule has 13 heavy (non-hydrogen) atoms. The molecule has 1 amide bonds. The molecule has 1 unspecified atom stereocenters. The van der Waals surface area contributed by atoms with E-state index in [1.165, 1.54) is 6.21 Å². The van der Waals surface area contributed by atoms with Crippen LogP contribution in [0.15, 0.2) is 17.1 Å². The highest BCUT2D eigenvalue weighted by Crippen LogP contribution is 2.36. The second kappa shape index (κ2) is 2.70. The number of nitrogens with zero attached hydrogens (tertiary/aromatic N) is 2. The molecule has 1 aliphatic heterocycles. The van der Waals surface area contributed by atoms with Crippen LogP contribution in [0.25, 0.3) is 0 Å². The number of amides is 1. The van der Waals surface area contributed by atoms with Gasteiger partial charge in [0.1, 0.15) is 0 Å². The Kier molecular flexibility index (Phi) is 1.96. The first kappa shape index (κ1) is 9.46. The van der Waals surface area contributed by atoms with Crippen molar-refractivity contribution in [2.24, 2.45) is 16.1 Å². The summed E-state index contributed by atoms with van der Waals surface area (Å²) in [6, 6.07) is 2.04. The van der Waals surface area contributed by atoms with Crippen LogP contribution in [0.5, 0.6) is 0 Å². The zero-order chi connectivity index (χ0) is 10.1. The van der Waals surface area contributed by atoms with E-state index in [1.807, 2.05) is 6.07 Å². The highest BCUT2D eigenvalue weighted by Gasteiger charge is 2.49. The lowest BCUT2D eigenvalue weighted by molar-refractivity contribution is -0.123. The van der Waals surface area contributed by atoms with E-state index < -0.39 is 16.9 Å². The average molecular weight is 177 g/mol. The van der Waals surface area contributed by atoms with Crippen LogP contribution in [0.4, 0.5) is 0 Å². The van der Waals surface area contributed by atoms with Crippen LogP contribution >= 0.6 is 0 Å². The number of rotatable bonds is 2. The van der Waals surface area contributed by atoms with Gasteiger partial charge in [0.05, 0.1) is 11.5 Å². The van der Waals surface area contributed by atoms with E-state index >= 15 is 0 Å². The van der Waals surface area contributed by atoms with E-state index in [-0.39, 0.29) is 0 Å². The molecule has 68 valence electrons. The molecule has 0 aliphatic carbocycles. The molecule has 0 aromatic heterocycles. The Labute approximate surface area is 76.8 Å². The Morgan fingerprint density at radius 3 is 2.62 bits per heavy atom. The number of carbonyl (C=O) groups excluding carboxylic acids is 1. The molecule has 1 atom stereocenters. The van der Waals surface area contributed by atoms with E-state index in [4.69, 9.17) is 11.0 Å². The molecule has 0 radical (unpaired) electrons. The van der Waals surface area contributed by atoms with Crippen molar-refractivity contribution < 1.29 is 4.79 Å². The molecule has 0 saturated heterocycles. The summed E-state index contributed by atoms with van der Waals surface area (Å²) in [5.74, 6) is -0.593. The molecule has 1 heterocycles. The monoisotopic (exact) mass is 177 g/mol. The first-order valence-electron chi connectivity index (χ1n) is 3.90. The molecule has 0 fully saturated rings. The van der Waals surface area contributed by atoms with E-state index in [2.05, 4.69) is 4.99 Å². The number of hydrogen-bond acceptors (Lipinski definition) is 3. The Morgan fingerprint density at radius 2 is 2.31 bits per heavy atom. The number of hydrogen-bond donors (Lipinski definition) is 1. The van der Waals surface area contributed by atoms with Crippen LogP contribution in [0.2, 0.25) is 0 Å². The minimum absolute atomic E-state index is 0.593. The molecule has 0 aromatic carbocycles. The van der Waals surface area contributed by atoms with Gasteiger partial charge in [-0.05, 0) is 26.0 Å². The minimum atomic E-state index is -1.19. The van der Waals surface area contributed by atoms with Gasteiger partial charge in [0.25, 0.3) is 5.91 Å². The van der Waals surface area contributed by atoms with E-state index in [1.54, 1.807) is 26.0 Å². The summed E-state index contributed by atoms with van der Waals surface area (Å²) in [5.41, 5.74) is 3.13. The molecule has 1 rings (SSSR count). The van der Waals surface area contributed by atoms with Crippen LogP contribution in [-0.2, 0) is 4.79 Å². The smallest absolute Gasteiger partial charge is 0.250 e. The zero-order valence-electron chi connectivity index (χ0n) is 7.61. The van der Waals surface area contributed by atoms with Crippen LogP contribution in [-0.4, -0.2) is 17.7 Å². The molecular weight excluding hydrogens is 166 g/mol. The maximum absolute atomic E-state index is 11.2. The Bertz CT molecular complexity index is 321. The minimum Gasteiger partial charge on any atom is -0.367 e. The standard InChI is InChI=1S/C9H11N3O/c1-8(2,6-10)9(7(11)13)4-3-5-12-9/h3-5H,1-2H3,(H2,11,13). The van der Waals surface area contributed by atoms with Crippen molar-refractivity contribution in [1.82, 2.24) is 0 Å². The van der Waals surface area contributed by atoms with Crippen LogP contribution in [0.1, 0.15) is 13.8 Å². The van der Waals surface area contributed by atoms with Crippen molar-refractivity contribution in [3.8, 4) is 6.07 Å².